The van der Waals surface area contributed by atoms with E-state index in [9.17, 15) is 0 Å². The molecule has 2 N–H and O–H groups in total. The topological polar surface area (TPSA) is 29.3 Å². The zero-order chi connectivity index (χ0) is 12.4. The van der Waals surface area contributed by atoms with Crippen LogP contribution in [0, 0.1) is 11.8 Å². The first kappa shape index (κ1) is 13.5. The first-order chi connectivity index (χ1) is 8.13. The van der Waals surface area contributed by atoms with E-state index in [1.54, 1.807) is 0 Å². The number of rotatable bonds is 3. The van der Waals surface area contributed by atoms with Gasteiger partial charge in [0.05, 0.1) is 6.04 Å². The van der Waals surface area contributed by atoms with E-state index in [4.69, 9.17) is 5.73 Å². The van der Waals surface area contributed by atoms with Crippen molar-refractivity contribution in [2.45, 2.75) is 26.3 Å². The van der Waals surface area contributed by atoms with Gasteiger partial charge in [-0.3, -0.25) is 4.90 Å². The summed E-state index contributed by atoms with van der Waals surface area (Å²) in [5, 5.41) is 2.14. The Morgan fingerprint density at radius 1 is 1.53 bits per heavy atom. The second kappa shape index (κ2) is 5.83. The number of likely N-dealkylation sites (tertiary alicyclic amines) is 1. The lowest BCUT2D eigenvalue weighted by Crippen LogP contribution is -2.42. The van der Waals surface area contributed by atoms with Crippen LogP contribution >= 0.6 is 27.3 Å². The van der Waals surface area contributed by atoms with Crippen LogP contribution in [-0.4, -0.2) is 24.5 Å². The van der Waals surface area contributed by atoms with Gasteiger partial charge in [-0.2, -0.15) is 0 Å². The van der Waals surface area contributed by atoms with Crippen LogP contribution in [0.25, 0.3) is 0 Å². The Hall–Kier alpha value is 0.100. The fourth-order valence-corrected chi connectivity index (χ4v) is 4.33. The highest BCUT2D eigenvalue weighted by Gasteiger charge is 2.29. The van der Waals surface area contributed by atoms with Crippen LogP contribution in [0.2, 0.25) is 0 Å². The molecule has 1 fully saturated rings. The van der Waals surface area contributed by atoms with Crippen molar-refractivity contribution in [1.82, 2.24) is 4.90 Å². The molecule has 0 aliphatic carbocycles. The van der Waals surface area contributed by atoms with Gasteiger partial charge < -0.3 is 5.73 Å². The monoisotopic (exact) mass is 316 g/mol. The molecule has 0 saturated carbocycles. The molecule has 3 unspecified atom stereocenters. The van der Waals surface area contributed by atoms with Crippen LogP contribution in [0.4, 0.5) is 0 Å². The van der Waals surface area contributed by atoms with E-state index in [-0.39, 0.29) is 0 Å². The minimum absolute atomic E-state index is 0.388. The number of halogens is 1. The molecule has 0 aromatic carbocycles. The van der Waals surface area contributed by atoms with Crippen LogP contribution < -0.4 is 5.73 Å². The molecule has 0 radical (unpaired) electrons. The molecular weight excluding hydrogens is 296 g/mol. The first-order valence-corrected chi connectivity index (χ1v) is 7.97. The van der Waals surface area contributed by atoms with Crippen LogP contribution in [0.3, 0.4) is 0 Å². The Morgan fingerprint density at radius 2 is 2.29 bits per heavy atom. The lowest BCUT2D eigenvalue weighted by atomic mass is 9.88. The molecule has 1 aromatic heterocycles. The van der Waals surface area contributed by atoms with E-state index < -0.39 is 0 Å². The maximum atomic E-state index is 5.99. The van der Waals surface area contributed by atoms with Gasteiger partial charge in [-0.05, 0) is 52.2 Å². The number of hydrogen-bond acceptors (Lipinski definition) is 3. The smallest absolute Gasteiger partial charge is 0.0575 e. The van der Waals surface area contributed by atoms with Crippen molar-refractivity contribution in [1.29, 1.82) is 0 Å². The number of nitrogens with zero attached hydrogens (tertiary/aromatic N) is 1. The fourth-order valence-electron chi connectivity index (χ4n) is 2.54. The summed E-state index contributed by atoms with van der Waals surface area (Å²) in [5.41, 5.74) is 5.99. The van der Waals surface area contributed by atoms with Crippen LogP contribution in [0.1, 0.15) is 31.2 Å². The predicted octanol–water partition coefficient (Wildman–Crippen LogP) is 3.49. The summed E-state index contributed by atoms with van der Waals surface area (Å²) < 4.78 is 1.21. The summed E-state index contributed by atoms with van der Waals surface area (Å²) in [6.07, 6.45) is 1.29. The SMILES string of the molecule is CC1CCN(C(CN)c2sccc2Br)CC1C. The maximum absolute atomic E-state index is 5.99. The Kier molecular flexibility index (Phi) is 4.64. The van der Waals surface area contributed by atoms with Crippen molar-refractivity contribution in [3.05, 3.63) is 20.8 Å². The molecule has 1 aliphatic heterocycles. The largest absolute Gasteiger partial charge is 0.329 e. The van der Waals surface area contributed by atoms with Crippen molar-refractivity contribution in [2.24, 2.45) is 17.6 Å². The van der Waals surface area contributed by atoms with E-state index in [0.29, 0.717) is 12.6 Å². The van der Waals surface area contributed by atoms with E-state index in [2.05, 4.69) is 46.1 Å². The van der Waals surface area contributed by atoms with Gasteiger partial charge in [0.25, 0.3) is 0 Å². The Balaban J connectivity index is 2.12. The molecule has 2 rings (SSSR count). The molecule has 0 spiro atoms. The lowest BCUT2D eigenvalue weighted by Gasteiger charge is -2.39. The van der Waals surface area contributed by atoms with E-state index >= 15 is 0 Å². The molecule has 2 nitrogen and oxygen atoms in total. The predicted molar refractivity (Wildman–Crippen MR) is 78.3 cm³/mol. The number of thiophene rings is 1. The summed E-state index contributed by atoms with van der Waals surface area (Å²) in [6, 6.07) is 2.51. The summed E-state index contributed by atoms with van der Waals surface area (Å²) in [7, 11) is 0. The van der Waals surface area contributed by atoms with Gasteiger partial charge in [0, 0.05) is 22.4 Å². The molecule has 3 atom stereocenters. The number of nitrogens with two attached hydrogens (primary N) is 1. The van der Waals surface area contributed by atoms with E-state index in [1.807, 2.05) is 11.3 Å². The molecule has 0 amide bonds. The van der Waals surface area contributed by atoms with Crippen molar-refractivity contribution in [2.75, 3.05) is 19.6 Å². The molecule has 2 heterocycles. The minimum Gasteiger partial charge on any atom is -0.329 e. The highest BCUT2D eigenvalue weighted by molar-refractivity contribution is 9.10. The second-order valence-corrected chi connectivity index (χ2v) is 6.92. The summed E-state index contributed by atoms with van der Waals surface area (Å²) in [6.45, 7) is 7.78. The van der Waals surface area contributed by atoms with Crippen molar-refractivity contribution in [3.63, 3.8) is 0 Å². The highest BCUT2D eigenvalue weighted by atomic mass is 79.9. The van der Waals surface area contributed by atoms with Gasteiger partial charge in [-0.1, -0.05) is 13.8 Å². The lowest BCUT2D eigenvalue weighted by molar-refractivity contribution is 0.0995. The number of piperidine rings is 1. The van der Waals surface area contributed by atoms with Gasteiger partial charge in [0.15, 0.2) is 0 Å². The molecule has 0 bridgehead atoms. The summed E-state index contributed by atoms with van der Waals surface area (Å²) in [4.78, 5) is 3.94. The third-order valence-electron chi connectivity index (χ3n) is 3.98. The third-order valence-corrected chi connectivity index (χ3v) is 5.95. The average molecular weight is 317 g/mol. The van der Waals surface area contributed by atoms with Gasteiger partial charge in [-0.15, -0.1) is 11.3 Å². The molecule has 17 heavy (non-hydrogen) atoms. The van der Waals surface area contributed by atoms with Gasteiger partial charge >= 0.3 is 0 Å². The fraction of sp³-hybridized carbons (Fsp3) is 0.692. The van der Waals surface area contributed by atoms with Crippen molar-refractivity contribution in [3.8, 4) is 0 Å². The van der Waals surface area contributed by atoms with Gasteiger partial charge in [-0.25, -0.2) is 0 Å². The molecule has 1 aliphatic rings. The maximum Gasteiger partial charge on any atom is 0.0575 e. The molecule has 96 valence electrons. The Labute approximate surface area is 116 Å². The van der Waals surface area contributed by atoms with Crippen LogP contribution in [0.5, 0.6) is 0 Å². The Morgan fingerprint density at radius 3 is 2.82 bits per heavy atom. The minimum atomic E-state index is 0.388. The average Bonchev–Trinajstić information content (AvgIpc) is 2.71. The second-order valence-electron chi connectivity index (χ2n) is 5.12. The summed E-state index contributed by atoms with van der Waals surface area (Å²) >= 11 is 5.44. The quantitative estimate of drug-likeness (QED) is 0.925. The number of hydrogen-bond donors (Lipinski definition) is 1. The van der Waals surface area contributed by atoms with Gasteiger partial charge in [0.2, 0.25) is 0 Å². The zero-order valence-corrected chi connectivity index (χ0v) is 12.9. The van der Waals surface area contributed by atoms with E-state index in [0.717, 1.165) is 11.8 Å². The van der Waals surface area contributed by atoms with Gasteiger partial charge in [0.1, 0.15) is 0 Å². The van der Waals surface area contributed by atoms with Crippen molar-refractivity contribution >= 4 is 27.3 Å². The first-order valence-electron chi connectivity index (χ1n) is 6.30. The molecule has 1 saturated heterocycles. The van der Waals surface area contributed by atoms with Crippen molar-refractivity contribution < 1.29 is 0 Å². The molecule has 4 heteroatoms. The normalized spacial score (nSPS) is 28.2. The highest BCUT2D eigenvalue weighted by Crippen LogP contribution is 2.35. The molecule has 1 aromatic rings. The zero-order valence-electron chi connectivity index (χ0n) is 10.5. The standard InChI is InChI=1S/C13H21BrN2S/c1-9-3-5-16(8-10(9)2)12(7-15)13-11(14)4-6-17-13/h4,6,9-10,12H,3,5,7-8,15H2,1-2H3. The van der Waals surface area contributed by atoms with Crippen LogP contribution in [-0.2, 0) is 0 Å². The summed E-state index contributed by atoms with van der Waals surface area (Å²) in [5.74, 6) is 1.62. The Bertz CT molecular complexity index is 366. The van der Waals surface area contributed by atoms with E-state index in [1.165, 1.54) is 28.9 Å². The third kappa shape index (κ3) is 2.92. The van der Waals surface area contributed by atoms with Crippen LogP contribution in [0.15, 0.2) is 15.9 Å². The molecular formula is C13H21BrN2S.